The summed E-state index contributed by atoms with van der Waals surface area (Å²) < 4.78 is 0. The molecule has 0 amide bonds. The topological polar surface area (TPSA) is 15.3 Å². The van der Waals surface area contributed by atoms with E-state index in [1.165, 1.54) is 44.9 Å². The SMILES string of the molecule is CCNC1CCC(C)(C)CC1N(C)C1CCC(C)(C)CC1. The van der Waals surface area contributed by atoms with E-state index in [1.807, 2.05) is 0 Å². The summed E-state index contributed by atoms with van der Waals surface area (Å²) in [6.07, 6.45) is 9.62. The largest absolute Gasteiger partial charge is 0.313 e. The average Bonchev–Trinajstić information content (AvgIpc) is 2.40. The van der Waals surface area contributed by atoms with Gasteiger partial charge in [-0.1, -0.05) is 34.6 Å². The summed E-state index contributed by atoms with van der Waals surface area (Å²) in [5.74, 6) is 0. The molecule has 2 rings (SSSR count). The van der Waals surface area contributed by atoms with E-state index in [0.717, 1.165) is 18.6 Å². The summed E-state index contributed by atoms with van der Waals surface area (Å²) in [6.45, 7) is 13.1. The first kappa shape index (κ1) is 17.3. The van der Waals surface area contributed by atoms with Gasteiger partial charge in [0.15, 0.2) is 0 Å². The van der Waals surface area contributed by atoms with Crippen LogP contribution in [0.3, 0.4) is 0 Å². The fourth-order valence-electron chi connectivity index (χ4n) is 4.54. The Morgan fingerprint density at radius 1 is 0.952 bits per heavy atom. The van der Waals surface area contributed by atoms with Crippen molar-refractivity contribution in [1.82, 2.24) is 10.2 Å². The van der Waals surface area contributed by atoms with Crippen LogP contribution in [0, 0.1) is 10.8 Å². The van der Waals surface area contributed by atoms with Gasteiger partial charge in [0.1, 0.15) is 0 Å². The number of likely N-dealkylation sites (N-methyl/N-ethyl adjacent to an activating group) is 2. The van der Waals surface area contributed by atoms with Crippen LogP contribution in [0.15, 0.2) is 0 Å². The van der Waals surface area contributed by atoms with Gasteiger partial charge < -0.3 is 5.32 Å². The maximum atomic E-state index is 3.77. The first-order valence-electron chi connectivity index (χ1n) is 9.19. The van der Waals surface area contributed by atoms with Gasteiger partial charge in [-0.15, -0.1) is 0 Å². The minimum atomic E-state index is 0.513. The minimum Gasteiger partial charge on any atom is -0.313 e. The molecular weight excluding hydrogens is 256 g/mol. The second-order valence-corrected chi connectivity index (χ2v) is 9.20. The van der Waals surface area contributed by atoms with Crippen LogP contribution in [0.2, 0.25) is 0 Å². The van der Waals surface area contributed by atoms with E-state index in [9.17, 15) is 0 Å². The maximum absolute atomic E-state index is 3.77. The van der Waals surface area contributed by atoms with Gasteiger partial charge in [0.2, 0.25) is 0 Å². The van der Waals surface area contributed by atoms with Crippen molar-refractivity contribution in [1.29, 1.82) is 0 Å². The van der Waals surface area contributed by atoms with Gasteiger partial charge in [-0.2, -0.15) is 0 Å². The summed E-state index contributed by atoms with van der Waals surface area (Å²) in [4.78, 5) is 2.75. The molecular formula is C19H38N2. The Morgan fingerprint density at radius 3 is 2.10 bits per heavy atom. The minimum absolute atomic E-state index is 0.513. The molecule has 2 fully saturated rings. The first-order valence-corrected chi connectivity index (χ1v) is 9.19. The molecule has 2 nitrogen and oxygen atoms in total. The third-order valence-corrected chi connectivity index (χ3v) is 6.23. The first-order chi connectivity index (χ1) is 9.74. The second kappa shape index (κ2) is 6.58. The van der Waals surface area contributed by atoms with Crippen molar-refractivity contribution in [2.45, 2.75) is 97.7 Å². The lowest BCUT2D eigenvalue weighted by Gasteiger charge is -2.49. The van der Waals surface area contributed by atoms with Crippen LogP contribution in [0.5, 0.6) is 0 Å². The highest BCUT2D eigenvalue weighted by Gasteiger charge is 2.39. The summed E-state index contributed by atoms with van der Waals surface area (Å²) in [5, 5.41) is 3.77. The van der Waals surface area contributed by atoms with Crippen LogP contribution in [0.4, 0.5) is 0 Å². The van der Waals surface area contributed by atoms with Gasteiger partial charge in [-0.05, 0) is 69.4 Å². The van der Waals surface area contributed by atoms with Crippen molar-refractivity contribution >= 4 is 0 Å². The van der Waals surface area contributed by atoms with Crippen LogP contribution >= 0.6 is 0 Å². The van der Waals surface area contributed by atoms with Crippen LogP contribution in [-0.2, 0) is 0 Å². The fraction of sp³-hybridized carbons (Fsp3) is 1.00. The molecule has 0 heterocycles. The van der Waals surface area contributed by atoms with Crippen molar-refractivity contribution in [3.63, 3.8) is 0 Å². The molecule has 2 heteroatoms. The molecule has 124 valence electrons. The van der Waals surface area contributed by atoms with Gasteiger partial charge in [-0.3, -0.25) is 4.90 Å². The highest BCUT2D eigenvalue weighted by molar-refractivity contribution is 4.96. The Hall–Kier alpha value is -0.0800. The van der Waals surface area contributed by atoms with Crippen molar-refractivity contribution < 1.29 is 0 Å². The summed E-state index contributed by atoms with van der Waals surface area (Å²) >= 11 is 0. The van der Waals surface area contributed by atoms with E-state index < -0.39 is 0 Å². The number of nitrogens with one attached hydrogen (secondary N) is 1. The van der Waals surface area contributed by atoms with Gasteiger partial charge in [0, 0.05) is 18.1 Å². The molecule has 0 aromatic carbocycles. The summed E-state index contributed by atoms with van der Waals surface area (Å²) in [6, 6.07) is 2.22. The molecule has 0 aromatic rings. The molecule has 2 unspecified atom stereocenters. The van der Waals surface area contributed by atoms with E-state index in [2.05, 4.69) is 51.9 Å². The van der Waals surface area contributed by atoms with E-state index in [-0.39, 0.29) is 0 Å². The Bertz CT molecular complexity index is 324. The smallest absolute Gasteiger partial charge is 0.0254 e. The molecule has 2 aliphatic rings. The van der Waals surface area contributed by atoms with E-state index in [1.54, 1.807) is 0 Å². The molecule has 2 saturated carbocycles. The third kappa shape index (κ3) is 4.45. The predicted octanol–water partition coefficient (Wildman–Crippen LogP) is 4.44. The predicted molar refractivity (Wildman–Crippen MR) is 92.7 cm³/mol. The lowest BCUT2D eigenvalue weighted by atomic mass is 9.71. The fourth-order valence-corrected chi connectivity index (χ4v) is 4.54. The Morgan fingerprint density at radius 2 is 1.52 bits per heavy atom. The average molecular weight is 295 g/mol. The van der Waals surface area contributed by atoms with Crippen molar-refractivity contribution in [3.05, 3.63) is 0 Å². The zero-order valence-electron chi connectivity index (χ0n) is 15.3. The number of hydrogen-bond acceptors (Lipinski definition) is 2. The molecule has 1 N–H and O–H groups in total. The monoisotopic (exact) mass is 294 g/mol. The van der Waals surface area contributed by atoms with E-state index >= 15 is 0 Å². The summed E-state index contributed by atoms with van der Waals surface area (Å²) in [7, 11) is 2.40. The van der Waals surface area contributed by atoms with Crippen molar-refractivity contribution in [2.75, 3.05) is 13.6 Å². The lowest BCUT2D eigenvalue weighted by molar-refractivity contribution is 0.0294. The quantitative estimate of drug-likeness (QED) is 0.824. The standard InChI is InChI=1S/C19H38N2/c1-7-20-16-10-13-19(4,5)14-17(16)21(6)15-8-11-18(2,3)12-9-15/h15-17,20H,7-14H2,1-6H3. The number of hydrogen-bond donors (Lipinski definition) is 1. The molecule has 0 saturated heterocycles. The number of nitrogens with zero attached hydrogens (tertiary/aromatic N) is 1. The lowest BCUT2D eigenvalue weighted by Crippen LogP contribution is -2.56. The molecule has 0 radical (unpaired) electrons. The van der Waals surface area contributed by atoms with E-state index in [4.69, 9.17) is 0 Å². The molecule has 2 aliphatic carbocycles. The molecule has 21 heavy (non-hydrogen) atoms. The zero-order chi connectivity index (χ0) is 15.7. The van der Waals surface area contributed by atoms with E-state index in [0.29, 0.717) is 16.9 Å². The molecule has 2 atom stereocenters. The Kier molecular flexibility index (Phi) is 5.41. The highest BCUT2D eigenvalue weighted by Crippen LogP contribution is 2.41. The van der Waals surface area contributed by atoms with Crippen LogP contribution < -0.4 is 5.32 Å². The van der Waals surface area contributed by atoms with Crippen molar-refractivity contribution in [3.8, 4) is 0 Å². The normalized spacial score (nSPS) is 33.3. The molecule has 0 aliphatic heterocycles. The third-order valence-electron chi connectivity index (χ3n) is 6.23. The van der Waals surface area contributed by atoms with Crippen LogP contribution in [0.1, 0.15) is 79.6 Å². The summed E-state index contributed by atoms with van der Waals surface area (Å²) in [5.41, 5.74) is 1.09. The maximum Gasteiger partial charge on any atom is 0.0254 e. The molecule has 0 aromatic heterocycles. The van der Waals surface area contributed by atoms with Gasteiger partial charge in [0.05, 0.1) is 0 Å². The zero-order valence-corrected chi connectivity index (χ0v) is 15.3. The van der Waals surface area contributed by atoms with Crippen molar-refractivity contribution in [2.24, 2.45) is 10.8 Å². The highest BCUT2D eigenvalue weighted by atomic mass is 15.2. The van der Waals surface area contributed by atoms with Gasteiger partial charge in [0.25, 0.3) is 0 Å². The Labute approximate surface area is 133 Å². The molecule has 0 bridgehead atoms. The molecule has 0 spiro atoms. The van der Waals surface area contributed by atoms with Crippen LogP contribution in [0.25, 0.3) is 0 Å². The van der Waals surface area contributed by atoms with Gasteiger partial charge in [-0.25, -0.2) is 0 Å². The number of rotatable bonds is 4. The Balaban J connectivity index is 2.01. The van der Waals surface area contributed by atoms with Gasteiger partial charge >= 0.3 is 0 Å². The second-order valence-electron chi connectivity index (χ2n) is 9.20. The van der Waals surface area contributed by atoms with Crippen LogP contribution in [-0.4, -0.2) is 36.6 Å².